The maximum absolute atomic E-state index is 12.4. The summed E-state index contributed by atoms with van der Waals surface area (Å²) < 4.78 is 1.29. The predicted molar refractivity (Wildman–Crippen MR) is 231 cm³/mol. The third-order valence-corrected chi connectivity index (χ3v) is 9.52. The lowest BCUT2D eigenvalue weighted by Gasteiger charge is -2.23. The van der Waals surface area contributed by atoms with E-state index in [0.29, 0.717) is 55.4 Å². The molecule has 1 aliphatic rings. The fraction of sp³-hybridized carbons (Fsp3) is 0.667. The summed E-state index contributed by atoms with van der Waals surface area (Å²) >= 11 is 7.75. The average Bonchev–Trinajstić information content (AvgIpc) is 3.48. The number of hydroxylamine groups is 2. The second-order valence-electron chi connectivity index (χ2n) is 11.0. The summed E-state index contributed by atoms with van der Waals surface area (Å²) in [6.45, 7) is 2.65. The normalized spacial score (nSPS) is 11.7. The van der Waals surface area contributed by atoms with Crippen molar-refractivity contribution in [3.63, 3.8) is 0 Å². The van der Waals surface area contributed by atoms with E-state index >= 15 is 0 Å². The van der Waals surface area contributed by atoms with Crippen molar-refractivity contribution in [2.24, 2.45) is 0 Å². The van der Waals surface area contributed by atoms with Crippen LogP contribution in [0, 0.1) is 0 Å². The number of rotatable bonds is 25. The molecule has 7 N–H and O–H groups in total. The van der Waals surface area contributed by atoms with Crippen LogP contribution in [0.1, 0.15) is 38.5 Å². The highest BCUT2D eigenvalue weighted by atomic mass is 127. The highest BCUT2D eigenvalue weighted by Gasteiger charge is 2.32. The van der Waals surface area contributed by atoms with Gasteiger partial charge in [-0.05, 0) is 12.8 Å². The van der Waals surface area contributed by atoms with Gasteiger partial charge in [-0.1, -0.05) is 90.4 Å². The van der Waals surface area contributed by atoms with E-state index in [1.165, 1.54) is 9.80 Å². The minimum Gasteiger partial charge on any atom is -0.481 e. The molecule has 0 aromatic rings. The minimum atomic E-state index is -0.913. The number of nitrogens with one attached hydrogen (secondary N) is 6. The summed E-state index contributed by atoms with van der Waals surface area (Å²) in [5, 5.41) is 25.0. The number of carboxylic acid groups (broad SMARTS) is 1. The standard InChI is InChI=1S/C17H25I2N5O7.C13H22I2N4O5/c18-10-12(25)20-6-8-23(9-7-21-13(26)11-19)17(30)22-5-1-2-16(29)31-24-14(27)3-4-15(24)28;14-8-10(20)16-4-6-19(7-5-17-11(21)9-15)13(24)18-3-1-2-12(22)23/h1-11H2,(H,20,25)(H,21,26)(H,22,30);1-9H2,(H,16,20)(H,17,21)(H,18,24)(H,22,23). The number of imide groups is 1. The Balaban J connectivity index is 0.00000110. The van der Waals surface area contributed by atoms with Crippen LogP contribution >= 0.6 is 90.4 Å². The van der Waals surface area contributed by atoms with Gasteiger partial charge in [-0.2, -0.15) is 0 Å². The first-order valence-electron chi connectivity index (χ1n) is 16.8. The number of carboxylic acids is 1. The van der Waals surface area contributed by atoms with Gasteiger partial charge in [-0.15, -0.1) is 5.06 Å². The van der Waals surface area contributed by atoms with Crippen molar-refractivity contribution < 1.29 is 57.9 Å². The van der Waals surface area contributed by atoms with Gasteiger partial charge >= 0.3 is 24.0 Å². The summed E-state index contributed by atoms with van der Waals surface area (Å²) in [7, 11) is 0. The fourth-order valence-corrected chi connectivity index (χ4v) is 5.11. The summed E-state index contributed by atoms with van der Waals surface area (Å²) in [6.07, 6.45) is 0.521. The van der Waals surface area contributed by atoms with Gasteiger partial charge in [0.2, 0.25) is 23.6 Å². The zero-order valence-electron chi connectivity index (χ0n) is 29.9. The number of amides is 10. The van der Waals surface area contributed by atoms with E-state index in [0.717, 1.165) is 0 Å². The number of halogens is 4. The highest BCUT2D eigenvalue weighted by Crippen LogP contribution is 2.12. The third kappa shape index (κ3) is 26.8. The molecule has 0 aromatic heterocycles. The Morgan fingerprint density at radius 3 is 1.18 bits per heavy atom. The number of urea groups is 2. The number of aliphatic carboxylic acids is 1. The zero-order valence-corrected chi connectivity index (χ0v) is 38.6. The monoisotopic (exact) mass is 1230 g/mol. The SMILES string of the molecule is O=C(CI)NCCN(CCNC(=O)CI)C(=O)NCCCC(=O)ON1C(=O)CCC1=O.O=C(O)CCCNC(=O)N(CCNC(=O)CI)CCNC(=O)CI. The molecule has 0 spiro atoms. The zero-order chi connectivity index (χ0) is 41.6. The van der Waals surface area contributed by atoms with Crippen molar-refractivity contribution >= 4 is 150 Å². The summed E-state index contributed by atoms with van der Waals surface area (Å²) in [6, 6.07) is -0.765. The van der Waals surface area contributed by atoms with E-state index in [4.69, 9.17) is 9.94 Å². The van der Waals surface area contributed by atoms with Crippen LogP contribution in [-0.4, -0.2) is 163 Å². The number of nitrogens with zero attached hydrogens (tertiary/aromatic N) is 3. The van der Waals surface area contributed by atoms with Crippen molar-refractivity contribution in [3.8, 4) is 0 Å². The molecule has 1 fully saturated rings. The Morgan fingerprint density at radius 2 is 0.873 bits per heavy atom. The largest absolute Gasteiger partial charge is 0.481 e. The maximum atomic E-state index is 12.4. The molecule has 312 valence electrons. The minimum absolute atomic E-state index is 0.0162. The van der Waals surface area contributed by atoms with Gasteiger partial charge in [0, 0.05) is 91.1 Å². The molecule has 0 saturated carbocycles. The Labute approximate surface area is 372 Å². The van der Waals surface area contributed by atoms with Crippen molar-refractivity contribution in [1.29, 1.82) is 0 Å². The topological polar surface area (TPSA) is 282 Å². The van der Waals surface area contributed by atoms with Crippen molar-refractivity contribution in [2.75, 3.05) is 83.2 Å². The smallest absolute Gasteiger partial charge is 0.333 e. The van der Waals surface area contributed by atoms with Crippen LogP contribution in [0.2, 0.25) is 0 Å². The molecule has 1 rings (SSSR count). The second kappa shape index (κ2) is 32.5. The van der Waals surface area contributed by atoms with Crippen molar-refractivity contribution in [1.82, 2.24) is 46.8 Å². The lowest BCUT2D eigenvalue weighted by Crippen LogP contribution is -2.47. The molecule has 21 nitrogen and oxygen atoms in total. The molecule has 25 heteroatoms. The molecule has 0 aromatic carbocycles. The van der Waals surface area contributed by atoms with E-state index in [1.807, 2.05) is 90.4 Å². The molecular formula is C30H47I4N9O12. The van der Waals surface area contributed by atoms with Gasteiger partial charge in [0.1, 0.15) is 0 Å². The highest BCUT2D eigenvalue weighted by molar-refractivity contribution is 14.1. The first-order valence-corrected chi connectivity index (χ1v) is 22.9. The van der Waals surface area contributed by atoms with Crippen LogP contribution in [0.4, 0.5) is 9.59 Å². The van der Waals surface area contributed by atoms with Gasteiger partial charge in [-0.3, -0.25) is 33.6 Å². The lowest BCUT2D eigenvalue weighted by atomic mass is 10.3. The molecule has 0 unspecified atom stereocenters. The Hall–Kier alpha value is -2.58. The molecule has 0 bridgehead atoms. The number of hydrogen-bond acceptors (Lipinski definition) is 11. The van der Waals surface area contributed by atoms with Crippen LogP contribution in [0.3, 0.4) is 0 Å². The van der Waals surface area contributed by atoms with Crippen LogP contribution in [0.25, 0.3) is 0 Å². The Bertz CT molecular complexity index is 1260. The summed E-state index contributed by atoms with van der Waals surface area (Å²) in [4.78, 5) is 122. The molecule has 10 amide bonds. The first-order chi connectivity index (χ1) is 26.2. The third-order valence-electron chi connectivity index (χ3n) is 6.75. The first kappa shape index (κ1) is 52.4. The van der Waals surface area contributed by atoms with E-state index in [2.05, 4.69) is 31.9 Å². The number of carbonyl (C=O) groups excluding carboxylic acids is 9. The second-order valence-corrected chi connectivity index (χ2v) is 14.1. The molecule has 55 heavy (non-hydrogen) atoms. The molecule has 1 saturated heterocycles. The summed E-state index contributed by atoms with van der Waals surface area (Å²) in [5.74, 6) is -3.27. The molecule has 0 atom stereocenters. The molecule has 0 radical (unpaired) electrons. The summed E-state index contributed by atoms with van der Waals surface area (Å²) in [5.41, 5.74) is 0. The quantitative estimate of drug-likeness (QED) is 0.0263. The number of alkyl halides is 4. The van der Waals surface area contributed by atoms with Gasteiger partial charge in [0.15, 0.2) is 0 Å². The van der Waals surface area contributed by atoms with Gasteiger partial charge in [0.25, 0.3) is 11.8 Å². The Kier molecular flexibility index (Phi) is 31.0. The molecule has 1 heterocycles. The fourth-order valence-electron chi connectivity index (χ4n) is 4.03. The van der Waals surface area contributed by atoms with Crippen LogP contribution in [-0.2, 0) is 43.2 Å². The van der Waals surface area contributed by atoms with Gasteiger partial charge in [-0.25, -0.2) is 14.4 Å². The predicted octanol–water partition coefficient (Wildman–Crippen LogP) is -0.547. The Morgan fingerprint density at radius 1 is 0.545 bits per heavy atom. The van der Waals surface area contributed by atoms with Gasteiger partial charge < -0.3 is 51.6 Å². The number of carbonyl (C=O) groups is 10. The van der Waals surface area contributed by atoms with Crippen molar-refractivity contribution in [2.45, 2.75) is 38.5 Å². The molecule has 0 aliphatic carbocycles. The molecule has 1 aliphatic heterocycles. The van der Waals surface area contributed by atoms with Crippen LogP contribution in [0.15, 0.2) is 0 Å². The van der Waals surface area contributed by atoms with Crippen LogP contribution < -0.4 is 31.9 Å². The average molecular weight is 1230 g/mol. The maximum Gasteiger partial charge on any atom is 0.333 e. The van der Waals surface area contributed by atoms with Crippen molar-refractivity contribution in [3.05, 3.63) is 0 Å². The lowest BCUT2D eigenvalue weighted by molar-refractivity contribution is -0.197. The van der Waals surface area contributed by atoms with Gasteiger partial charge in [0.05, 0.1) is 17.7 Å². The van der Waals surface area contributed by atoms with E-state index < -0.39 is 29.8 Å². The molecular weight excluding hydrogens is 1190 g/mol. The van der Waals surface area contributed by atoms with E-state index in [9.17, 15) is 47.9 Å². The number of hydrogen-bond donors (Lipinski definition) is 7. The van der Waals surface area contributed by atoms with E-state index in [1.54, 1.807) is 0 Å². The van der Waals surface area contributed by atoms with E-state index in [-0.39, 0.29) is 101 Å². The van der Waals surface area contributed by atoms with Crippen LogP contribution in [0.5, 0.6) is 0 Å².